The first-order valence-corrected chi connectivity index (χ1v) is 8.24. The number of piperazine rings is 1. The van der Waals surface area contributed by atoms with Gasteiger partial charge < -0.3 is 10.2 Å². The molecule has 1 aromatic carbocycles. The molecule has 2 atom stereocenters. The van der Waals surface area contributed by atoms with Gasteiger partial charge in [0.2, 0.25) is 0 Å². The summed E-state index contributed by atoms with van der Waals surface area (Å²) in [4.78, 5) is 5.07. The summed E-state index contributed by atoms with van der Waals surface area (Å²) in [6.07, 6.45) is 0. The van der Waals surface area contributed by atoms with Crippen LogP contribution in [-0.4, -0.2) is 55.6 Å². The molecule has 3 heteroatoms. The van der Waals surface area contributed by atoms with Crippen molar-refractivity contribution >= 4 is 0 Å². The standard InChI is InChI=1S/C18H31N3/c1-6-19-18(17-11-14(2)7-8-15(17)3)13-21-10-9-20(5)12-16(21)4/h7-8,11,16,18-19H,6,9-10,12-13H2,1-5H3. The Morgan fingerprint density at radius 1 is 1.29 bits per heavy atom. The van der Waals surface area contributed by atoms with Crippen molar-refractivity contribution in [2.45, 2.75) is 39.8 Å². The van der Waals surface area contributed by atoms with Gasteiger partial charge in [0.25, 0.3) is 0 Å². The number of aryl methyl sites for hydroxylation is 2. The Bertz CT molecular complexity index is 458. The molecule has 118 valence electrons. The quantitative estimate of drug-likeness (QED) is 0.899. The highest BCUT2D eigenvalue weighted by Crippen LogP contribution is 2.22. The molecule has 2 unspecified atom stereocenters. The molecule has 1 saturated heterocycles. The molecule has 0 bridgehead atoms. The highest BCUT2D eigenvalue weighted by Gasteiger charge is 2.25. The van der Waals surface area contributed by atoms with E-state index in [1.807, 2.05) is 0 Å². The van der Waals surface area contributed by atoms with Crippen molar-refractivity contribution in [2.24, 2.45) is 0 Å². The number of rotatable bonds is 5. The van der Waals surface area contributed by atoms with Gasteiger partial charge in [-0.25, -0.2) is 0 Å². The Kier molecular flexibility index (Phi) is 5.80. The Balaban J connectivity index is 2.13. The minimum absolute atomic E-state index is 0.431. The number of benzene rings is 1. The molecular formula is C18H31N3. The van der Waals surface area contributed by atoms with Crippen LogP contribution in [0.15, 0.2) is 18.2 Å². The summed E-state index contributed by atoms with van der Waals surface area (Å²) < 4.78 is 0. The van der Waals surface area contributed by atoms with E-state index in [1.54, 1.807) is 0 Å². The monoisotopic (exact) mass is 289 g/mol. The Morgan fingerprint density at radius 2 is 2.05 bits per heavy atom. The third kappa shape index (κ3) is 4.29. The maximum Gasteiger partial charge on any atom is 0.0452 e. The fourth-order valence-electron chi connectivity index (χ4n) is 3.34. The van der Waals surface area contributed by atoms with Crippen LogP contribution in [-0.2, 0) is 0 Å². The van der Waals surface area contributed by atoms with Crippen LogP contribution < -0.4 is 5.32 Å². The maximum absolute atomic E-state index is 3.69. The summed E-state index contributed by atoms with van der Waals surface area (Å²) in [5, 5.41) is 3.69. The van der Waals surface area contributed by atoms with Crippen LogP contribution in [0.3, 0.4) is 0 Å². The second kappa shape index (κ2) is 7.39. The molecule has 3 nitrogen and oxygen atoms in total. The predicted molar refractivity (Wildman–Crippen MR) is 90.9 cm³/mol. The first-order valence-electron chi connectivity index (χ1n) is 8.24. The zero-order valence-electron chi connectivity index (χ0n) is 14.3. The van der Waals surface area contributed by atoms with Crippen molar-refractivity contribution in [1.29, 1.82) is 0 Å². The van der Waals surface area contributed by atoms with E-state index in [1.165, 1.54) is 36.3 Å². The molecule has 0 spiro atoms. The summed E-state index contributed by atoms with van der Waals surface area (Å²) in [5.74, 6) is 0. The largest absolute Gasteiger partial charge is 0.309 e. The van der Waals surface area contributed by atoms with Gasteiger partial charge in [-0.05, 0) is 45.5 Å². The van der Waals surface area contributed by atoms with Gasteiger partial charge in [-0.3, -0.25) is 4.90 Å². The third-order valence-electron chi connectivity index (χ3n) is 4.65. The zero-order valence-corrected chi connectivity index (χ0v) is 14.3. The maximum atomic E-state index is 3.69. The van der Waals surface area contributed by atoms with Gasteiger partial charge in [-0.15, -0.1) is 0 Å². The molecule has 1 aliphatic heterocycles. The molecule has 0 aliphatic carbocycles. The van der Waals surface area contributed by atoms with E-state index in [9.17, 15) is 0 Å². The lowest BCUT2D eigenvalue weighted by atomic mass is 9.97. The number of hydrogen-bond acceptors (Lipinski definition) is 3. The number of likely N-dealkylation sites (N-methyl/N-ethyl adjacent to an activating group) is 2. The molecule has 21 heavy (non-hydrogen) atoms. The molecule has 1 aromatic rings. The third-order valence-corrected chi connectivity index (χ3v) is 4.65. The van der Waals surface area contributed by atoms with E-state index in [2.05, 4.69) is 68.1 Å². The molecule has 0 aromatic heterocycles. The molecule has 0 radical (unpaired) electrons. The van der Waals surface area contributed by atoms with E-state index in [0.717, 1.165) is 13.1 Å². The molecule has 1 fully saturated rings. The average molecular weight is 289 g/mol. The highest BCUT2D eigenvalue weighted by molar-refractivity contribution is 5.33. The number of hydrogen-bond donors (Lipinski definition) is 1. The lowest BCUT2D eigenvalue weighted by Gasteiger charge is -2.40. The summed E-state index contributed by atoms with van der Waals surface area (Å²) in [5.41, 5.74) is 4.21. The minimum atomic E-state index is 0.431. The summed E-state index contributed by atoms with van der Waals surface area (Å²) in [6.45, 7) is 14.6. The zero-order chi connectivity index (χ0) is 15.4. The van der Waals surface area contributed by atoms with Crippen molar-refractivity contribution in [1.82, 2.24) is 15.1 Å². The van der Waals surface area contributed by atoms with Gasteiger partial charge in [0.15, 0.2) is 0 Å². The SMILES string of the molecule is CCNC(CN1CCN(C)CC1C)c1cc(C)ccc1C. The van der Waals surface area contributed by atoms with Crippen molar-refractivity contribution < 1.29 is 0 Å². The Morgan fingerprint density at radius 3 is 2.71 bits per heavy atom. The molecule has 0 saturated carbocycles. The van der Waals surface area contributed by atoms with E-state index in [4.69, 9.17) is 0 Å². The van der Waals surface area contributed by atoms with Crippen molar-refractivity contribution in [3.05, 3.63) is 34.9 Å². The Labute approximate surface area is 130 Å². The second-order valence-corrected chi connectivity index (χ2v) is 6.58. The topological polar surface area (TPSA) is 18.5 Å². The van der Waals surface area contributed by atoms with E-state index in [-0.39, 0.29) is 0 Å². The van der Waals surface area contributed by atoms with Crippen molar-refractivity contribution in [3.63, 3.8) is 0 Å². The van der Waals surface area contributed by atoms with Gasteiger partial charge in [0.1, 0.15) is 0 Å². The van der Waals surface area contributed by atoms with Crippen LogP contribution >= 0.6 is 0 Å². The van der Waals surface area contributed by atoms with Crippen LogP contribution in [0.4, 0.5) is 0 Å². The molecule has 1 N–H and O–H groups in total. The van der Waals surface area contributed by atoms with Gasteiger partial charge in [-0.1, -0.05) is 30.7 Å². The van der Waals surface area contributed by atoms with Crippen LogP contribution in [0, 0.1) is 13.8 Å². The second-order valence-electron chi connectivity index (χ2n) is 6.58. The summed E-state index contributed by atoms with van der Waals surface area (Å²) >= 11 is 0. The van der Waals surface area contributed by atoms with Crippen LogP contribution in [0.25, 0.3) is 0 Å². The first-order chi connectivity index (χ1) is 10.0. The number of nitrogens with one attached hydrogen (secondary N) is 1. The minimum Gasteiger partial charge on any atom is -0.309 e. The van der Waals surface area contributed by atoms with E-state index in [0.29, 0.717) is 12.1 Å². The van der Waals surface area contributed by atoms with Crippen LogP contribution in [0.1, 0.15) is 36.6 Å². The molecule has 1 heterocycles. The molecular weight excluding hydrogens is 258 g/mol. The van der Waals surface area contributed by atoms with E-state index >= 15 is 0 Å². The fourth-order valence-corrected chi connectivity index (χ4v) is 3.34. The van der Waals surface area contributed by atoms with Gasteiger partial charge >= 0.3 is 0 Å². The van der Waals surface area contributed by atoms with Gasteiger partial charge in [0.05, 0.1) is 0 Å². The fraction of sp³-hybridized carbons (Fsp3) is 0.667. The van der Waals surface area contributed by atoms with Gasteiger partial charge in [-0.2, -0.15) is 0 Å². The number of nitrogens with zero attached hydrogens (tertiary/aromatic N) is 2. The van der Waals surface area contributed by atoms with Crippen molar-refractivity contribution in [3.8, 4) is 0 Å². The lowest BCUT2D eigenvalue weighted by molar-refractivity contribution is 0.0905. The Hall–Kier alpha value is -0.900. The highest BCUT2D eigenvalue weighted by atomic mass is 15.3. The normalized spacial score (nSPS) is 22.4. The molecule has 2 rings (SSSR count). The van der Waals surface area contributed by atoms with Crippen LogP contribution in [0.2, 0.25) is 0 Å². The summed E-state index contributed by atoms with van der Waals surface area (Å²) in [7, 11) is 2.22. The van der Waals surface area contributed by atoms with Crippen molar-refractivity contribution in [2.75, 3.05) is 39.8 Å². The smallest absolute Gasteiger partial charge is 0.0452 e. The first kappa shape index (κ1) is 16.5. The average Bonchev–Trinajstić information content (AvgIpc) is 2.44. The van der Waals surface area contributed by atoms with E-state index < -0.39 is 0 Å². The van der Waals surface area contributed by atoms with Gasteiger partial charge in [0, 0.05) is 38.3 Å². The molecule has 1 aliphatic rings. The molecule has 0 amide bonds. The summed E-state index contributed by atoms with van der Waals surface area (Å²) in [6, 6.07) is 7.88. The lowest BCUT2D eigenvalue weighted by Crippen LogP contribution is -2.52. The predicted octanol–water partition coefficient (Wildman–Crippen LogP) is 2.59. The van der Waals surface area contributed by atoms with Crippen LogP contribution in [0.5, 0.6) is 0 Å².